The number of carbonyl (C=O) groups is 1. The van der Waals surface area contributed by atoms with Crippen LogP contribution in [0.2, 0.25) is 0 Å². The second-order valence-corrected chi connectivity index (χ2v) is 10.7. The Bertz CT molecular complexity index is 1190. The number of sulfonamides is 1. The third kappa shape index (κ3) is 7.79. The molecule has 198 valence electrons. The molecule has 0 aliphatic rings. The minimum Gasteiger partial charge on any atom is -0.392 e. The Morgan fingerprint density at radius 1 is 1.17 bits per heavy atom. The molecule has 2 atom stereocenters. The van der Waals surface area contributed by atoms with Crippen molar-refractivity contribution >= 4 is 28.0 Å². The number of halogens is 1. The normalized spacial score (nSPS) is 13.7. The Hall–Kier alpha value is -2.93. The number of aliphatic hydroxyl groups is 2. The number of aliphatic hydroxyl groups excluding tert-OH is 2. The van der Waals surface area contributed by atoms with Crippen LogP contribution in [-0.4, -0.2) is 79.2 Å². The number of hydrogen-bond donors (Lipinski definition) is 2. The largest absolute Gasteiger partial charge is 0.392 e. The zero-order chi connectivity index (χ0) is 27.2. The maximum atomic E-state index is 13.6. The first-order chi connectivity index (χ1) is 16.7. The fourth-order valence-electron chi connectivity index (χ4n) is 3.28. The molecule has 0 saturated heterocycles. The maximum absolute atomic E-state index is 13.6. The van der Waals surface area contributed by atoms with Gasteiger partial charge in [0.15, 0.2) is 0 Å². The van der Waals surface area contributed by atoms with Gasteiger partial charge in [-0.25, -0.2) is 32.1 Å². The van der Waals surface area contributed by atoms with Crippen LogP contribution in [-0.2, 0) is 19.7 Å². The van der Waals surface area contributed by atoms with Crippen LogP contribution in [0.15, 0.2) is 30.3 Å². The molecule has 0 aliphatic carbocycles. The van der Waals surface area contributed by atoms with Crippen LogP contribution < -0.4 is 4.31 Å². The predicted octanol–water partition coefficient (Wildman–Crippen LogP) is 2.34. The molecule has 10 nitrogen and oxygen atoms in total. The molecule has 2 aromatic rings. The molecular formula is C24H33FN4O6S. The van der Waals surface area contributed by atoms with Crippen molar-refractivity contribution in [3.8, 4) is 11.3 Å². The molecule has 1 heterocycles. The SMILES string of the molecule is CON(C)C(=O)C[C@H](O)C[C@H](O)/C=C/c1c(-c2ccc(F)cc2)nc(N(C)S(C)(=O)=O)nc1C(C)C. The van der Waals surface area contributed by atoms with Crippen LogP contribution in [0.25, 0.3) is 17.3 Å². The fourth-order valence-corrected chi connectivity index (χ4v) is 3.65. The van der Waals surface area contributed by atoms with Crippen LogP contribution in [0.3, 0.4) is 0 Å². The Kier molecular flexibility index (Phi) is 10.1. The van der Waals surface area contributed by atoms with E-state index in [-0.39, 0.29) is 24.7 Å². The van der Waals surface area contributed by atoms with Crippen LogP contribution in [0.5, 0.6) is 0 Å². The van der Waals surface area contributed by atoms with Gasteiger partial charge in [0.25, 0.3) is 0 Å². The molecule has 12 heteroatoms. The Morgan fingerprint density at radius 2 is 1.78 bits per heavy atom. The third-order valence-corrected chi connectivity index (χ3v) is 6.60. The molecular weight excluding hydrogens is 491 g/mol. The van der Waals surface area contributed by atoms with E-state index in [1.54, 1.807) is 6.08 Å². The Balaban J connectivity index is 2.50. The molecule has 0 saturated carbocycles. The number of amides is 1. The molecule has 1 aromatic heterocycles. The minimum absolute atomic E-state index is 0.0468. The molecule has 36 heavy (non-hydrogen) atoms. The van der Waals surface area contributed by atoms with E-state index >= 15 is 0 Å². The summed E-state index contributed by atoms with van der Waals surface area (Å²) in [7, 11) is 0.433. The van der Waals surface area contributed by atoms with E-state index in [9.17, 15) is 27.8 Å². The molecule has 0 radical (unpaired) electrons. The number of nitrogens with zero attached hydrogens (tertiary/aromatic N) is 4. The molecule has 0 bridgehead atoms. The molecule has 1 amide bonds. The van der Waals surface area contributed by atoms with Crippen molar-refractivity contribution in [1.29, 1.82) is 0 Å². The summed E-state index contributed by atoms with van der Waals surface area (Å²) < 4.78 is 38.8. The lowest BCUT2D eigenvalue weighted by Gasteiger charge is -2.20. The van der Waals surface area contributed by atoms with Gasteiger partial charge in [0.2, 0.25) is 21.9 Å². The lowest BCUT2D eigenvalue weighted by molar-refractivity contribution is -0.170. The lowest BCUT2D eigenvalue weighted by atomic mass is 9.97. The van der Waals surface area contributed by atoms with Gasteiger partial charge in [-0.2, -0.15) is 0 Å². The summed E-state index contributed by atoms with van der Waals surface area (Å²) in [5.74, 6) is -1.10. The molecule has 1 aromatic carbocycles. The third-order valence-electron chi connectivity index (χ3n) is 5.44. The van der Waals surface area contributed by atoms with Crippen LogP contribution in [0.1, 0.15) is 43.9 Å². The molecule has 0 fully saturated rings. The maximum Gasteiger partial charge on any atom is 0.248 e. The van der Waals surface area contributed by atoms with Crippen LogP contribution in [0.4, 0.5) is 10.3 Å². The van der Waals surface area contributed by atoms with Gasteiger partial charge in [0.05, 0.1) is 43.4 Å². The zero-order valence-electron chi connectivity index (χ0n) is 21.2. The van der Waals surface area contributed by atoms with Gasteiger partial charge >= 0.3 is 0 Å². The monoisotopic (exact) mass is 524 g/mol. The second-order valence-electron chi connectivity index (χ2n) is 8.66. The zero-order valence-corrected chi connectivity index (χ0v) is 22.0. The average Bonchev–Trinajstić information content (AvgIpc) is 2.80. The highest BCUT2D eigenvalue weighted by atomic mass is 32.2. The molecule has 0 spiro atoms. The van der Waals surface area contributed by atoms with E-state index in [0.717, 1.165) is 15.6 Å². The van der Waals surface area contributed by atoms with Crippen molar-refractivity contribution in [2.24, 2.45) is 0 Å². The molecule has 2 N–H and O–H groups in total. The van der Waals surface area contributed by atoms with Crippen molar-refractivity contribution in [2.75, 3.05) is 31.8 Å². The number of carbonyl (C=O) groups excluding carboxylic acids is 1. The van der Waals surface area contributed by atoms with E-state index in [2.05, 4.69) is 9.97 Å². The topological polar surface area (TPSA) is 133 Å². The van der Waals surface area contributed by atoms with Gasteiger partial charge in [0, 0.05) is 31.6 Å². The average molecular weight is 525 g/mol. The van der Waals surface area contributed by atoms with Gasteiger partial charge in [-0.3, -0.25) is 9.63 Å². The van der Waals surface area contributed by atoms with Crippen molar-refractivity contribution < 1.29 is 32.7 Å². The van der Waals surface area contributed by atoms with Gasteiger partial charge in [-0.1, -0.05) is 26.0 Å². The summed E-state index contributed by atoms with van der Waals surface area (Å²) in [6, 6.07) is 5.56. The first-order valence-electron chi connectivity index (χ1n) is 11.2. The summed E-state index contributed by atoms with van der Waals surface area (Å²) in [4.78, 5) is 25.6. The second kappa shape index (κ2) is 12.3. The van der Waals surface area contributed by atoms with Crippen molar-refractivity contribution in [3.63, 3.8) is 0 Å². The summed E-state index contributed by atoms with van der Waals surface area (Å²) >= 11 is 0. The van der Waals surface area contributed by atoms with E-state index < -0.39 is 34.0 Å². The fraction of sp³-hybridized carbons (Fsp3) is 0.458. The number of hydroxylamine groups is 2. The van der Waals surface area contributed by atoms with Gasteiger partial charge in [-0.05, 0) is 30.2 Å². The van der Waals surface area contributed by atoms with Crippen molar-refractivity contribution in [1.82, 2.24) is 15.0 Å². The minimum atomic E-state index is -3.65. The summed E-state index contributed by atoms with van der Waals surface area (Å²) in [6.07, 6.45) is 1.48. The van der Waals surface area contributed by atoms with Crippen molar-refractivity contribution in [3.05, 3.63) is 47.4 Å². The summed E-state index contributed by atoms with van der Waals surface area (Å²) in [5.41, 5.74) is 1.88. The number of benzene rings is 1. The highest BCUT2D eigenvalue weighted by Crippen LogP contribution is 2.31. The van der Waals surface area contributed by atoms with E-state index in [4.69, 9.17) is 4.84 Å². The number of anilines is 1. The predicted molar refractivity (Wildman–Crippen MR) is 135 cm³/mol. The first-order valence-corrected chi connectivity index (χ1v) is 13.1. The standard InChI is InChI=1S/C24H33FN4O6S/c1-15(2)22-20(12-11-18(30)13-19(31)14-21(32)28(3)35-5)23(16-7-9-17(25)10-8-16)27-24(26-22)29(4)36(6,33)34/h7-12,15,18-19,30-31H,13-14H2,1-6H3/b12-11+/t18-,19-/m1/s1. The number of aromatic nitrogens is 2. The summed E-state index contributed by atoms with van der Waals surface area (Å²) in [5, 5.41) is 21.7. The van der Waals surface area contributed by atoms with Gasteiger partial charge in [0.1, 0.15) is 5.82 Å². The summed E-state index contributed by atoms with van der Waals surface area (Å²) in [6.45, 7) is 3.74. The van der Waals surface area contributed by atoms with Crippen LogP contribution >= 0.6 is 0 Å². The molecule has 0 unspecified atom stereocenters. The van der Waals surface area contributed by atoms with Gasteiger partial charge < -0.3 is 10.2 Å². The first kappa shape index (κ1) is 29.3. The number of hydrogen-bond acceptors (Lipinski definition) is 8. The Labute approximate surface area is 211 Å². The number of rotatable bonds is 11. The molecule has 0 aliphatic heterocycles. The highest BCUT2D eigenvalue weighted by Gasteiger charge is 2.23. The van der Waals surface area contributed by atoms with E-state index in [1.165, 1.54) is 51.5 Å². The lowest BCUT2D eigenvalue weighted by Crippen LogP contribution is -2.30. The quantitative estimate of drug-likeness (QED) is 0.428. The van der Waals surface area contributed by atoms with Crippen molar-refractivity contribution in [2.45, 2.75) is 44.8 Å². The Morgan fingerprint density at radius 3 is 2.31 bits per heavy atom. The van der Waals surface area contributed by atoms with E-state index in [1.807, 2.05) is 13.8 Å². The van der Waals surface area contributed by atoms with E-state index in [0.29, 0.717) is 22.5 Å². The highest BCUT2D eigenvalue weighted by molar-refractivity contribution is 7.92. The van der Waals surface area contributed by atoms with Gasteiger partial charge in [-0.15, -0.1) is 0 Å². The smallest absolute Gasteiger partial charge is 0.248 e. The van der Waals surface area contributed by atoms with Crippen LogP contribution in [0, 0.1) is 5.82 Å². The molecule has 2 rings (SSSR count).